The number of rotatable bonds is 6. The minimum atomic E-state index is -3.74. The Morgan fingerprint density at radius 3 is 2.78 bits per heavy atom. The van der Waals surface area contributed by atoms with E-state index in [9.17, 15) is 18.0 Å². The van der Waals surface area contributed by atoms with Gasteiger partial charge in [0.1, 0.15) is 0 Å². The number of sulfonamides is 1. The van der Waals surface area contributed by atoms with Crippen molar-refractivity contribution in [1.29, 1.82) is 0 Å². The van der Waals surface area contributed by atoms with Gasteiger partial charge in [-0.25, -0.2) is 13.1 Å². The molecule has 1 amide bonds. The van der Waals surface area contributed by atoms with Gasteiger partial charge >= 0.3 is 5.97 Å². The van der Waals surface area contributed by atoms with Gasteiger partial charge in [-0.3, -0.25) is 9.59 Å². The smallest absolute Gasteiger partial charge is 0.308 e. The average molecular weight is 361 g/mol. The lowest BCUT2D eigenvalue weighted by atomic mass is 10.1. The van der Waals surface area contributed by atoms with Gasteiger partial charge in [0.15, 0.2) is 0 Å². The quantitative estimate of drug-likeness (QED) is 0.783. The van der Waals surface area contributed by atoms with Gasteiger partial charge in [0.25, 0.3) is 0 Å². The number of amides is 1. The first-order valence-corrected chi connectivity index (χ1v) is 8.83. The van der Waals surface area contributed by atoms with Gasteiger partial charge in [-0.2, -0.15) is 0 Å². The predicted molar refractivity (Wildman–Crippen MR) is 83.7 cm³/mol. The number of carboxylic acids is 1. The Morgan fingerprint density at radius 1 is 1.48 bits per heavy atom. The SMILES string of the molecule is Cc1ccc(Cl)cc1S(=O)(=O)NCCN1CC(C(=O)O)CC1=O. The maximum Gasteiger partial charge on any atom is 0.308 e. The monoisotopic (exact) mass is 360 g/mol. The van der Waals surface area contributed by atoms with Crippen LogP contribution in [0.25, 0.3) is 0 Å². The minimum Gasteiger partial charge on any atom is -0.481 e. The number of nitrogens with zero attached hydrogens (tertiary/aromatic N) is 1. The molecule has 0 aliphatic carbocycles. The number of likely N-dealkylation sites (tertiary alicyclic amines) is 1. The van der Waals surface area contributed by atoms with Gasteiger partial charge in [-0.15, -0.1) is 0 Å². The number of benzene rings is 1. The number of carbonyl (C=O) groups is 2. The van der Waals surface area contributed by atoms with E-state index in [0.29, 0.717) is 10.6 Å². The number of aryl methyl sites for hydroxylation is 1. The van der Waals surface area contributed by atoms with E-state index < -0.39 is 21.9 Å². The van der Waals surface area contributed by atoms with E-state index in [2.05, 4.69) is 4.72 Å². The van der Waals surface area contributed by atoms with Crippen LogP contribution in [-0.2, 0) is 19.6 Å². The van der Waals surface area contributed by atoms with Crippen LogP contribution < -0.4 is 4.72 Å². The number of halogens is 1. The summed E-state index contributed by atoms with van der Waals surface area (Å²) in [6.45, 7) is 1.90. The first-order valence-electron chi connectivity index (χ1n) is 6.97. The summed E-state index contributed by atoms with van der Waals surface area (Å²) in [6.07, 6.45) is -0.0461. The molecule has 9 heteroatoms. The molecule has 23 heavy (non-hydrogen) atoms. The zero-order valence-corrected chi connectivity index (χ0v) is 14.0. The summed E-state index contributed by atoms with van der Waals surface area (Å²) in [6, 6.07) is 4.57. The molecule has 1 heterocycles. The van der Waals surface area contributed by atoms with Crippen LogP contribution in [0.2, 0.25) is 5.02 Å². The fraction of sp³-hybridized carbons (Fsp3) is 0.429. The number of carboxylic acid groups (broad SMARTS) is 1. The van der Waals surface area contributed by atoms with Crippen LogP contribution in [0.15, 0.2) is 23.1 Å². The third-order valence-electron chi connectivity index (χ3n) is 3.68. The van der Waals surface area contributed by atoms with Crippen LogP contribution in [0.3, 0.4) is 0 Å². The molecule has 1 saturated heterocycles. The van der Waals surface area contributed by atoms with Crippen LogP contribution in [-0.4, -0.2) is 49.9 Å². The molecule has 1 aromatic carbocycles. The molecule has 0 aromatic heterocycles. The molecule has 1 atom stereocenters. The zero-order chi connectivity index (χ0) is 17.2. The minimum absolute atomic E-state index is 0.00632. The molecule has 0 bridgehead atoms. The molecule has 7 nitrogen and oxygen atoms in total. The molecule has 1 aromatic rings. The highest BCUT2D eigenvalue weighted by atomic mass is 35.5. The van der Waals surface area contributed by atoms with Crippen molar-refractivity contribution in [3.63, 3.8) is 0 Å². The molecule has 1 fully saturated rings. The standard InChI is InChI=1S/C14H17ClN2O5S/c1-9-2-3-11(15)7-12(9)23(21,22)16-4-5-17-8-10(14(19)20)6-13(17)18/h2-3,7,10,16H,4-6,8H2,1H3,(H,19,20). The summed E-state index contributed by atoms with van der Waals surface area (Å²) in [5, 5.41) is 9.22. The van der Waals surface area contributed by atoms with Crippen molar-refractivity contribution in [2.75, 3.05) is 19.6 Å². The molecule has 2 rings (SSSR count). The molecular weight excluding hydrogens is 344 g/mol. The lowest BCUT2D eigenvalue weighted by molar-refractivity contribution is -0.141. The van der Waals surface area contributed by atoms with E-state index >= 15 is 0 Å². The molecular formula is C14H17ClN2O5S. The Bertz CT molecular complexity index is 735. The van der Waals surface area contributed by atoms with Crippen molar-refractivity contribution in [3.05, 3.63) is 28.8 Å². The lowest BCUT2D eigenvalue weighted by Gasteiger charge is -2.16. The number of aliphatic carboxylic acids is 1. The number of carbonyl (C=O) groups excluding carboxylic acids is 1. The van der Waals surface area contributed by atoms with Gasteiger partial charge in [-0.1, -0.05) is 17.7 Å². The van der Waals surface area contributed by atoms with Crippen molar-refractivity contribution in [1.82, 2.24) is 9.62 Å². The van der Waals surface area contributed by atoms with E-state index in [1.807, 2.05) is 0 Å². The van der Waals surface area contributed by atoms with Gasteiger partial charge in [0.05, 0.1) is 10.8 Å². The Hall–Kier alpha value is -1.64. The molecule has 1 unspecified atom stereocenters. The summed E-state index contributed by atoms with van der Waals surface area (Å²) in [4.78, 5) is 24.0. The van der Waals surface area contributed by atoms with Crippen LogP contribution in [0.4, 0.5) is 0 Å². The highest BCUT2D eigenvalue weighted by Gasteiger charge is 2.34. The van der Waals surface area contributed by atoms with E-state index in [-0.39, 0.29) is 36.9 Å². The molecule has 2 N–H and O–H groups in total. The normalized spacial score (nSPS) is 18.4. The summed E-state index contributed by atoms with van der Waals surface area (Å²) >= 11 is 5.82. The zero-order valence-electron chi connectivity index (χ0n) is 12.5. The summed E-state index contributed by atoms with van der Waals surface area (Å²) in [7, 11) is -3.74. The van der Waals surface area contributed by atoms with E-state index in [0.717, 1.165) is 0 Å². The van der Waals surface area contributed by atoms with Gasteiger partial charge in [-0.05, 0) is 24.6 Å². The third kappa shape index (κ3) is 4.21. The van der Waals surface area contributed by atoms with Gasteiger partial charge < -0.3 is 10.0 Å². The second kappa shape index (κ2) is 6.86. The average Bonchev–Trinajstić information content (AvgIpc) is 2.83. The van der Waals surface area contributed by atoms with Crippen molar-refractivity contribution < 1.29 is 23.1 Å². The molecule has 1 aliphatic rings. The van der Waals surface area contributed by atoms with Crippen LogP contribution in [0, 0.1) is 12.8 Å². The Balaban J connectivity index is 1.97. The molecule has 0 radical (unpaired) electrons. The lowest BCUT2D eigenvalue weighted by Crippen LogP contribution is -2.36. The summed E-state index contributed by atoms with van der Waals surface area (Å²) < 4.78 is 26.9. The Morgan fingerprint density at radius 2 is 2.17 bits per heavy atom. The number of nitrogens with one attached hydrogen (secondary N) is 1. The number of hydrogen-bond acceptors (Lipinski definition) is 4. The topological polar surface area (TPSA) is 104 Å². The van der Waals surface area contributed by atoms with Crippen LogP contribution in [0.1, 0.15) is 12.0 Å². The van der Waals surface area contributed by atoms with Crippen molar-refractivity contribution >= 4 is 33.5 Å². The largest absolute Gasteiger partial charge is 0.481 e. The molecule has 0 spiro atoms. The molecule has 126 valence electrons. The third-order valence-corrected chi connectivity index (χ3v) is 5.52. The first-order chi connectivity index (χ1) is 10.7. The van der Waals surface area contributed by atoms with E-state index in [1.54, 1.807) is 19.1 Å². The fourth-order valence-corrected chi connectivity index (χ4v) is 3.94. The predicted octanol–water partition coefficient (Wildman–Crippen LogP) is 0.860. The molecule has 1 aliphatic heterocycles. The highest BCUT2D eigenvalue weighted by molar-refractivity contribution is 7.89. The summed E-state index contributed by atoms with van der Waals surface area (Å²) in [5.41, 5.74) is 0.560. The number of hydrogen-bond donors (Lipinski definition) is 2. The van der Waals surface area contributed by atoms with Gasteiger partial charge in [0, 0.05) is 31.1 Å². The Labute approximate surface area is 139 Å². The first kappa shape index (κ1) is 17.7. The maximum absolute atomic E-state index is 12.3. The summed E-state index contributed by atoms with van der Waals surface area (Å²) in [5.74, 6) is -2.03. The fourth-order valence-electron chi connectivity index (χ4n) is 2.41. The highest BCUT2D eigenvalue weighted by Crippen LogP contribution is 2.20. The van der Waals surface area contributed by atoms with Crippen LogP contribution in [0.5, 0.6) is 0 Å². The van der Waals surface area contributed by atoms with Crippen molar-refractivity contribution in [3.8, 4) is 0 Å². The van der Waals surface area contributed by atoms with Crippen LogP contribution >= 0.6 is 11.6 Å². The maximum atomic E-state index is 12.3. The second-order valence-corrected chi connectivity index (χ2v) is 7.56. The Kier molecular flexibility index (Phi) is 5.28. The van der Waals surface area contributed by atoms with Crippen molar-refractivity contribution in [2.45, 2.75) is 18.2 Å². The van der Waals surface area contributed by atoms with E-state index in [1.165, 1.54) is 11.0 Å². The van der Waals surface area contributed by atoms with E-state index in [4.69, 9.17) is 16.7 Å². The molecule has 0 saturated carbocycles. The van der Waals surface area contributed by atoms with Gasteiger partial charge in [0.2, 0.25) is 15.9 Å². The second-order valence-electron chi connectivity index (χ2n) is 5.39. The van der Waals surface area contributed by atoms with Crippen molar-refractivity contribution in [2.24, 2.45) is 5.92 Å².